The lowest BCUT2D eigenvalue weighted by molar-refractivity contribution is -0.137. The molecule has 3 aliphatic rings. The number of unbranched alkanes of at least 4 members (excludes halogenated alkanes) is 4. The van der Waals surface area contributed by atoms with Gasteiger partial charge in [-0.2, -0.15) is 28.6 Å². The van der Waals surface area contributed by atoms with E-state index in [0.29, 0.717) is 47.4 Å². The molecule has 14 nitrogen and oxygen atoms in total. The van der Waals surface area contributed by atoms with E-state index in [2.05, 4.69) is 36.6 Å². The second-order valence-corrected chi connectivity index (χ2v) is 17.0. The van der Waals surface area contributed by atoms with Crippen molar-refractivity contribution >= 4 is 57.6 Å². The van der Waals surface area contributed by atoms with Crippen LogP contribution in [0.2, 0.25) is 0 Å². The highest BCUT2D eigenvalue weighted by Crippen LogP contribution is 2.46. The van der Waals surface area contributed by atoms with E-state index in [9.17, 15) is 37.5 Å². The minimum absolute atomic E-state index is 0.125. The van der Waals surface area contributed by atoms with Gasteiger partial charge in [-0.15, -0.1) is 0 Å². The number of thiocarbonyl (C=S) groups is 1. The van der Waals surface area contributed by atoms with Crippen LogP contribution in [0.5, 0.6) is 0 Å². The van der Waals surface area contributed by atoms with Crippen molar-refractivity contribution in [2.24, 2.45) is 12.1 Å². The van der Waals surface area contributed by atoms with E-state index in [0.717, 1.165) is 60.5 Å². The summed E-state index contributed by atoms with van der Waals surface area (Å²) in [6.07, 6.45) is -0.285. The maximum absolute atomic E-state index is 15.5. The van der Waals surface area contributed by atoms with Gasteiger partial charge in [0.05, 0.1) is 46.1 Å². The molecule has 4 heterocycles. The fraction of sp³-hybridized carbons (Fsp3) is 0.326. The zero-order chi connectivity index (χ0) is 47.1. The van der Waals surface area contributed by atoms with Crippen molar-refractivity contribution in [2.45, 2.75) is 75.9 Å². The summed E-state index contributed by atoms with van der Waals surface area (Å²) in [7, 11) is 1.80. The first-order chi connectivity index (χ1) is 31.5. The third kappa shape index (κ3) is 8.63. The molecule has 0 bridgehead atoms. The van der Waals surface area contributed by atoms with Crippen LogP contribution in [-0.2, 0) is 18.0 Å². The second-order valence-electron chi connectivity index (χ2n) is 16.7. The summed E-state index contributed by atoms with van der Waals surface area (Å²) in [6.45, 7) is 4.05. The largest absolute Gasteiger partial charge is 0.417 e. The number of carbonyl (C=O) groups is 2. The number of halogens is 5. The van der Waals surface area contributed by atoms with Crippen molar-refractivity contribution in [3.63, 3.8) is 0 Å². The number of nitriles is 1. The molecule has 1 saturated heterocycles. The summed E-state index contributed by atoms with van der Waals surface area (Å²) < 4.78 is 73.0. The Morgan fingerprint density at radius 3 is 2.36 bits per heavy atom. The number of hydrogen-bond acceptors (Lipinski definition) is 11. The van der Waals surface area contributed by atoms with Gasteiger partial charge >= 0.3 is 6.18 Å². The zero-order valence-corrected chi connectivity index (χ0v) is 36.7. The molecule has 1 fully saturated rings. The van der Waals surface area contributed by atoms with Gasteiger partial charge in [-0.25, -0.2) is 13.8 Å². The van der Waals surface area contributed by atoms with Crippen molar-refractivity contribution in [1.29, 1.82) is 5.26 Å². The first-order valence-electron chi connectivity index (χ1n) is 21.2. The number of benzene rings is 4. The van der Waals surface area contributed by atoms with Crippen LogP contribution in [0, 0.1) is 23.0 Å². The van der Waals surface area contributed by atoms with Crippen LogP contribution in [0.1, 0.15) is 108 Å². The quantitative estimate of drug-likeness (QED) is 0.0416. The number of nitrogens with zero attached hydrogens (tertiary/aromatic N) is 7. The molecule has 2 amide bonds. The van der Waals surface area contributed by atoms with E-state index in [1.807, 2.05) is 24.3 Å². The fourth-order valence-electron chi connectivity index (χ4n) is 8.67. The maximum atomic E-state index is 15.5. The van der Waals surface area contributed by atoms with Crippen LogP contribution in [0.25, 0.3) is 0 Å². The van der Waals surface area contributed by atoms with Crippen LogP contribution in [0.4, 0.5) is 44.7 Å². The van der Waals surface area contributed by atoms with Crippen LogP contribution in [0.3, 0.4) is 0 Å². The lowest BCUT2D eigenvalue weighted by Crippen LogP contribution is -2.44. The Hall–Kier alpha value is -6.98. The normalized spacial score (nSPS) is 18.5. The lowest BCUT2D eigenvalue weighted by atomic mass is 9.79. The predicted molar refractivity (Wildman–Crippen MR) is 241 cm³/mol. The number of amides is 2. The van der Waals surface area contributed by atoms with Crippen LogP contribution >= 0.6 is 12.2 Å². The van der Waals surface area contributed by atoms with E-state index >= 15 is 4.39 Å². The monoisotopic (exact) mass is 925 g/mol. The van der Waals surface area contributed by atoms with Gasteiger partial charge in [-0.1, -0.05) is 31.4 Å². The number of hydrogen-bond donors (Lipinski definition) is 5. The Bertz CT molecular complexity index is 2790. The Morgan fingerprint density at radius 1 is 0.970 bits per heavy atom. The molecule has 0 radical (unpaired) electrons. The highest BCUT2D eigenvalue weighted by molar-refractivity contribution is 7.81. The Kier molecular flexibility index (Phi) is 12.5. The number of nitrogens with one attached hydrogen (secondary N) is 4. The van der Waals surface area contributed by atoms with E-state index < -0.39 is 58.4 Å². The van der Waals surface area contributed by atoms with Gasteiger partial charge < -0.3 is 26.0 Å². The van der Waals surface area contributed by atoms with Gasteiger partial charge in [-0.05, 0) is 105 Å². The SMILES string of the molecule is Cn1ncnc1C1C2=NNC(O)c3cc(F)cc(c32)NC1c1ccc(NCCCCCCCNC(=O)c2ccc(N3C(=S)N(c4ccc(C#N)c(C(F)(F)F)c4)C(=O)C3(C)C)cc2F)cc1. The van der Waals surface area contributed by atoms with Crippen molar-refractivity contribution in [2.75, 3.05) is 33.5 Å². The minimum Gasteiger partial charge on any atom is -0.385 e. The van der Waals surface area contributed by atoms with Crippen molar-refractivity contribution < 1.29 is 36.6 Å². The van der Waals surface area contributed by atoms with Gasteiger partial charge in [-0.3, -0.25) is 24.6 Å². The number of hydrazone groups is 1. The zero-order valence-electron chi connectivity index (χ0n) is 35.9. The summed E-state index contributed by atoms with van der Waals surface area (Å²) in [5.74, 6) is -2.39. The molecule has 8 rings (SSSR count). The molecule has 66 heavy (non-hydrogen) atoms. The molecule has 20 heteroatoms. The average Bonchev–Trinajstić information content (AvgIpc) is 3.78. The first kappa shape index (κ1) is 45.6. The molecular formula is C46H44F5N11O3S. The molecule has 3 unspecified atom stereocenters. The van der Waals surface area contributed by atoms with Crippen LogP contribution < -0.4 is 31.2 Å². The molecule has 1 aromatic heterocycles. The van der Waals surface area contributed by atoms with Gasteiger partial charge in [0.1, 0.15) is 29.3 Å². The summed E-state index contributed by atoms with van der Waals surface area (Å²) >= 11 is 5.54. The third-order valence-electron chi connectivity index (χ3n) is 12.0. The van der Waals surface area contributed by atoms with E-state index in [-0.39, 0.29) is 28.1 Å². The fourth-order valence-corrected chi connectivity index (χ4v) is 9.19. The van der Waals surface area contributed by atoms with E-state index in [1.165, 1.54) is 61.5 Å². The molecule has 0 saturated carbocycles. The number of rotatable bonds is 14. The standard InChI is InChI=1S/C46H44F5N11O3S/c1-45(2)43(65)61(29-14-11-26(23-52)33(21-29)46(49,50)51)44(66)62(45)30-15-16-31(34(48)22-30)41(63)54-18-8-6-4-5-7-17-53-28-12-9-25(10-13-28)38-37(40-55-24-56-60(40)3)39-36-32(42(64)59-58-39)19-27(47)20-35(36)57-38/h9-16,19-22,24,37-38,42,53,57,59,64H,4-8,17-18H2,1-3H3,(H,54,63). The Balaban J connectivity index is 0.796. The number of aliphatic hydroxyl groups excluding tert-OH is 1. The number of aliphatic hydroxyl groups is 1. The molecule has 5 N–H and O–H groups in total. The number of alkyl halides is 3. The van der Waals surface area contributed by atoms with Gasteiger partial charge in [0.2, 0.25) is 0 Å². The van der Waals surface area contributed by atoms with Crippen LogP contribution in [-0.4, -0.2) is 61.1 Å². The highest BCUT2D eigenvalue weighted by atomic mass is 32.1. The molecule has 342 valence electrons. The van der Waals surface area contributed by atoms with Crippen LogP contribution in [0.15, 0.2) is 84.2 Å². The number of carbonyl (C=O) groups excluding carboxylic acids is 2. The summed E-state index contributed by atoms with van der Waals surface area (Å²) in [4.78, 5) is 33.2. The average molecular weight is 926 g/mol. The lowest BCUT2D eigenvalue weighted by Gasteiger charge is -2.38. The third-order valence-corrected chi connectivity index (χ3v) is 12.4. The van der Waals surface area contributed by atoms with E-state index in [1.54, 1.807) is 11.7 Å². The smallest absolute Gasteiger partial charge is 0.385 e. The van der Waals surface area contributed by atoms with Crippen molar-refractivity contribution in [3.8, 4) is 6.07 Å². The second kappa shape index (κ2) is 18.1. The molecule has 3 aliphatic heterocycles. The molecular weight excluding hydrogens is 882 g/mol. The molecule has 0 spiro atoms. The number of anilines is 4. The summed E-state index contributed by atoms with van der Waals surface area (Å²) in [6, 6.07) is 18.4. The van der Waals surface area contributed by atoms with Gasteiger partial charge in [0, 0.05) is 48.3 Å². The minimum atomic E-state index is -4.86. The predicted octanol–water partition coefficient (Wildman–Crippen LogP) is 7.94. The first-order valence-corrected chi connectivity index (χ1v) is 21.6. The van der Waals surface area contributed by atoms with E-state index in [4.69, 9.17) is 12.2 Å². The van der Waals surface area contributed by atoms with Crippen molar-refractivity contribution in [1.82, 2.24) is 25.5 Å². The van der Waals surface area contributed by atoms with Crippen molar-refractivity contribution in [3.05, 3.63) is 130 Å². The molecule has 4 aromatic carbocycles. The number of aryl methyl sites for hydroxylation is 1. The Morgan fingerprint density at radius 2 is 1.68 bits per heavy atom. The summed E-state index contributed by atoms with van der Waals surface area (Å²) in [5, 5.41) is 38.0. The van der Waals surface area contributed by atoms with Gasteiger partial charge in [0.25, 0.3) is 11.8 Å². The topological polar surface area (TPSA) is 176 Å². The molecule has 0 aliphatic carbocycles. The molecule has 5 aromatic rings. The summed E-state index contributed by atoms with van der Waals surface area (Å²) in [5.41, 5.74) is 3.19. The highest BCUT2D eigenvalue weighted by Gasteiger charge is 2.51. The maximum Gasteiger partial charge on any atom is 0.417 e. The van der Waals surface area contributed by atoms with Gasteiger partial charge in [0.15, 0.2) is 11.3 Å². The molecule has 3 atom stereocenters. The number of aromatic nitrogens is 3. The Labute approximate surface area is 381 Å².